The fraction of sp³-hybridized carbons (Fsp3) is 0.364. The lowest BCUT2D eigenvalue weighted by Gasteiger charge is -2.30. The van der Waals surface area contributed by atoms with E-state index in [2.05, 4.69) is 10.6 Å². The summed E-state index contributed by atoms with van der Waals surface area (Å²) in [6, 6.07) is 14.2. The standard InChI is InChI=1S/C22H29N3O4S/c1-5-20(25(30(4,28)29)17-11-7-6-8-12-17)22(27)24-19-14-10-9-13-18(19)21(26)23-15-16(2)3/h6-14,16,20H,5,15H2,1-4H3,(H,23,26)(H,24,27)/t20-/m1/s1. The molecule has 162 valence electrons. The normalized spacial score (nSPS) is 12.3. The molecule has 0 heterocycles. The highest BCUT2D eigenvalue weighted by Crippen LogP contribution is 2.24. The Morgan fingerprint density at radius 1 is 1.00 bits per heavy atom. The van der Waals surface area contributed by atoms with Crippen LogP contribution in [0.3, 0.4) is 0 Å². The van der Waals surface area contributed by atoms with Crippen molar-refractivity contribution >= 4 is 33.2 Å². The predicted octanol–water partition coefficient (Wildman–Crippen LogP) is 3.26. The average molecular weight is 432 g/mol. The van der Waals surface area contributed by atoms with Gasteiger partial charge in [0.15, 0.2) is 0 Å². The van der Waals surface area contributed by atoms with Crippen LogP contribution in [0.25, 0.3) is 0 Å². The Morgan fingerprint density at radius 3 is 2.17 bits per heavy atom. The van der Waals surface area contributed by atoms with E-state index in [0.717, 1.165) is 10.6 Å². The van der Waals surface area contributed by atoms with Crippen LogP contribution in [-0.4, -0.2) is 39.1 Å². The van der Waals surface area contributed by atoms with Crippen LogP contribution in [0.4, 0.5) is 11.4 Å². The van der Waals surface area contributed by atoms with Gasteiger partial charge in [-0.1, -0.05) is 51.1 Å². The lowest BCUT2D eigenvalue weighted by molar-refractivity contribution is -0.117. The van der Waals surface area contributed by atoms with E-state index < -0.39 is 22.0 Å². The van der Waals surface area contributed by atoms with Gasteiger partial charge < -0.3 is 10.6 Å². The molecule has 0 bridgehead atoms. The Labute approximate surface area is 178 Å². The zero-order valence-electron chi connectivity index (χ0n) is 17.8. The second kappa shape index (κ2) is 10.2. The SMILES string of the molecule is CC[C@H](C(=O)Nc1ccccc1C(=O)NCC(C)C)N(c1ccccc1)S(C)(=O)=O. The van der Waals surface area contributed by atoms with Crippen molar-refractivity contribution in [1.82, 2.24) is 5.32 Å². The number of nitrogens with one attached hydrogen (secondary N) is 2. The Hall–Kier alpha value is -2.87. The maximum Gasteiger partial charge on any atom is 0.253 e. The molecule has 30 heavy (non-hydrogen) atoms. The van der Waals surface area contributed by atoms with E-state index in [-0.39, 0.29) is 18.2 Å². The quantitative estimate of drug-likeness (QED) is 0.637. The van der Waals surface area contributed by atoms with Gasteiger partial charge in [-0.15, -0.1) is 0 Å². The van der Waals surface area contributed by atoms with Crippen molar-refractivity contribution in [2.24, 2.45) is 5.92 Å². The lowest BCUT2D eigenvalue weighted by Crippen LogP contribution is -2.47. The molecule has 2 aromatic carbocycles. The van der Waals surface area contributed by atoms with Crippen molar-refractivity contribution < 1.29 is 18.0 Å². The van der Waals surface area contributed by atoms with Crippen molar-refractivity contribution in [3.63, 3.8) is 0 Å². The topological polar surface area (TPSA) is 95.6 Å². The van der Waals surface area contributed by atoms with Crippen LogP contribution in [0.2, 0.25) is 0 Å². The van der Waals surface area contributed by atoms with Gasteiger partial charge in [0.2, 0.25) is 15.9 Å². The van der Waals surface area contributed by atoms with E-state index in [1.54, 1.807) is 61.5 Å². The van der Waals surface area contributed by atoms with Gasteiger partial charge in [0.05, 0.1) is 23.2 Å². The summed E-state index contributed by atoms with van der Waals surface area (Å²) in [4.78, 5) is 25.6. The molecule has 2 N–H and O–H groups in total. The number of hydrogen-bond donors (Lipinski definition) is 2. The van der Waals surface area contributed by atoms with E-state index in [1.165, 1.54) is 0 Å². The lowest BCUT2D eigenvalue weighted by atomic mass is 10.1. The highest BCUT2D eigenvalue weighted by Gasteiger charge is 2.32. The van der Waals surface area contributed by atoms with E-state index in [1.807, 2.05) is 13.8 Å². The number of carbonyl (C=O) groups excluding carboxylic acids is 2. The molecule has 2 amide bonds. The third kappa shape index (κ3) is 6.06. The molecule has 2 aromatic rings. The third-order valence-electron chi connectivity index (χ3n) is 4.44. The summed E-state index contributed by atoms with van der Waals surface area (Å²) in [5.74, 6) is -0.513. The third-order valence-corrected chi connectivity index (χ3v) is 5.62. The fourth-order valence-electron chi connectivity index (χ4n) is 3.03. The maximum absolute atomic E-state index is 13.1. The molecule has 2 rings (SSSR count). The Kier molecular flexibility index (Phi) is 8.00. The van der Waals surface area contributed by atoms with Crippen molar-refractivity contribution in [3.05, 3.63) is 60.2 Å². The van der Waals surface area contributed by atoms with Crippen molar-refractivity contribution in [2.45, 2.75) is 33.2 Å². The van der Waals surface area contributed by atoms with Crippen molar-refractivity contribution in [3.8, 4) is 0 Å². The van der Waals surface area contributed by atoms with Crippen LogP contribution >= 0.6 is 0 Å². The number of hydrogen-bond acceptors (Lipinski definition) is 4. The number of amides is 2. The largest absolute Gasteiger partial charge is 0.352 e. The molecular weight excluding hydrogens is 402 g/mol. The number of benzene rings is 2. The first kappa shape index (κ1) is 23.4. The Morgan fingerprint density at radius 2 is 1.60 bits per heavy atom. The van der Waals surface area contributed by atoms with Crippen molar-refractivity contribution in [1.29, 1.82) is 0 Å². The van der Waals surface area contributed by atoms with Crippen LogP contribution in [0.5, 0.6) is 0 Å². The molecule has 0 aromatic heterocycles. The molecule has 0 saturated heterocycles. The molecular formula is C22H29N3O4S. The first-order chi connectivity index (χ1) is 14.1. The van der Waals surface area contributed by atoms with Crippen LogP contribution in [0.15, 0.2) is 54.6 Å². The van der Waals surface area contributed by atoms with Gasteiger partial charge in [0.1, 0.15) is 6.04 Å². The molecule has 0 aliphatic rings. The molecule has 0 spiro atoms. The van der Waals surface area contributed by atoms with Gasteiger partial charge in [0, 0.05) is 6.54 Å². The highest BCUT2D eigenvalue weighted by atomic mass is 32.2. The van der Waals surface area contributed by atoms with E-state index >= 15 is 0 Å². The monoisotopic (exact) mass is 431 g/mol. The zero-order chi connectivity index (χ0) is 22.3. The minimum absolute atomic E-state index is 0.259. The summed E-state index contributed by atoms with van der Waals surface area (Å²) < 4.78 is 26.1. The van der Waals surface area contributed by atoms with Gasteiger partial charge in [0.25, 0.3) is 5.91 Å². The van der Waals surface area contributed by atoms with Crippen molar-refractivity contribution in [2.75, 3.05) is 22.4 Å². The van der Waals surface area contributed by atoms with Crippen LogP contribution in [0.1, 0.15) is 37.6 Å². The predicted molar refractivity (Wildman–Crippen MR) is 120 cm³/mol. The number of carbonyl (C=O) groups is 2. The van der Waals surface area contributed by atoms with Crippen LogP contribution in [-0.2, 0) is 14.8 Å². The van der Waals surface area contributed by atoms with Gasteiger partial charge >= 0.3 is 0 Å². The van der Waals surface area contributed by atoms with E-state index in [9.17, 15) is 18.0 Å². The summed E-state index contributed by atoms with van der Waals surface area (Å²) in [6.45, 7) is 6.23. The molecule has 0 fully saturated rings. The van der Waals surface area contributed by atoms with E-state index in [0.29, 0.717) is 23.5 Å². The molecule has 7 nitrogen and oxygen atoms in total. The first-order valence-electron chi connectivity index (χ1n) is 9.87. The minimum atomic E-state index is -3.72. The average Bonchev–Trinajstić information content (AvgIpc) is 2.70. The molecule has 8 heteroatoms. The summed E-state index contributed by atoms with van der Waals surface area (Å²) >= 11 is 0. The molecule has 0 unspecified atom stereocenters. The maximum atomic E-state index is 13.1. The Bertz CT molecular complexity index is 975. The second-order valence-electron chi connectivity index (χ2n) is 7.46. The zero-order valence-corrected chi connectivity index (χ0v) is 18.6. The van der Waals surface area contributed by atoms with Gasteiger partial charge in [-0.3, -0.25) is 13.9 Å². The minimum Gasteiger partial charge on any atom is -0.352 e. The molecule has 0 saturated carbocycles. The summed E-state index contributed by atoms with van der Waals surface area (Å²) in [5.41, 5.74) is 1.07. The number of rotatable bonds is 9. The number of para-hydroxylation sites is 2. The second-order valence-corrected chi connectivity index (χ2v) is 9.32. The highest BCUT2D eigenvalue weighted by molar-refractivity contribution is 7.92. The van der Waals surface area contributed by atoms with Gasteiger partial charge in [-0.25, -0.2) is 8.42 Å². The van der Waals surface area contributed by atoms with Gasteiger partial charge in [-0.2, -0.15) is 0 Å². The van der Waals surface area contributed by atoms with Gasteiger partial charge in [-0.05, 0) is 36.6 Å². The fourth-order valence-corrected chi connectivity index (χ4v) is 4.25. The van der Waals surface area contributed by atoms with Crippen LogP contribution < -0.4 is 14.9 Å². The number of anilines is 2. The number of nitrogens with zero attached hydrogens (tertiary/aromatic N) is 1. The molecule has 1 atom stereocenters. The van der Waals surface area contributed by atoms with E-state index in [4.69, 9.17) is 0 Å². The Balaban J connectivity index is 2.32. The molecule has 0 radical (unpaired) electrons. The smallest absolute Gasteiger partial charge is 0.253 e. The summed E-state index contributed by atoms with van der Waals surface area (Å²) in [7, 11) is -3.72. The molecule has 0 aliphatic carbocycles. The molecule has 0 aliphatic heterocycles. The number of sulfonamides is 1. The summed E-state index contributed by atoms with van der Waals surface area (Å²) in [6.07, 6.45) is 1.33. The van der Waals surface area contributed by atoms with Crippen LogP contribution in [0, 0.1) is 5.92 Å². The first-order valence-corrected chi connectivity index (χ1v) is 11.7. The summed E-state index contributed by atoms with van der Waals surface area (Å²) in [5, 5.41) is 5.58.